The lowest BCUT2D eigenvalue weighted by Gasteiger charge is -2.07. The van der Waals surface area contributed by atoms with E-state index in [1.807, 2.05) is 17.5 Å². The van der Waals surface area contributed by atoms with Gasteiger partial charge in [-0.15, -0.1) is 16.4 Å². The van der Waals surface area contributed by atoms with Gasteiger partial charge in [0.1, 0.15) is 0 Å². The largest absolute Gasteiger partial charge is 0.301 e. The average molecular weight is 360 g/mol. The molecule has 0 atom stereocenters. The fourth-order valence-corrected chi connectivity index (χ4v) is 3.24. The van der Waals surface area contributed by atoms with Crippen LogP contribution >= 0.6 is 23.1 Å². The van der Waals surface area contributed by atoms with Crippen LogP contribution in [0.5, 0.6) is 0 Å². The summed E-state index contributed by atoms with van der Waals surface area (Å²) in [6.07, 6.45) is 1.65. The summed E-state index contributed by atoms with van der Waals surface area (Å²) >= 11 is 2.66. The number of carbonyl (C=O) groups excluding carboxylic acids is 1. The highest BCUT2D eigenvalue weighted by molar-refractivity contribution is 7.99. The second-order valence-electron chi connectivity index (χ2n) is 5.29. The van der Waals surface area contributed by atoms with Crippen LogP contribution in [-0.2, 0) is 4.79 Å². The van der Waals surface area contributed by atoms with Crippen molar-refractivity contribution in [2.24, 2.45) is 0 Å². The molecule has 7 nitrogen and oxygen atoms in total. The summed E-state index contributed by atoms with van der Waals surface area (Å²) in [5, 5.41) is 17.4. The Morgan fingerprint density at radius 2 is 2.12 bits per heavy atom. The number of hydrogen-bond acceptors (Lipinski definition) is 7. The Morgan fingerprint density at radius 3 is 2.79 bits per heavy atom. The van der Waals surface area contributed by atoms with Crippen molar-refractivity contribution in [3.05, 3.63) is 41.4 Å². The van der Waals surface area contributed by atoms with E-state index in [4.69, 9.17) is 0 Å². The van der Waals surface area contributed by atoms with Gasteiger partial charge in [-0.2, -0.15) is 4.68 Å². The highest BCUT2D eigenvalue weighted by Crippen LogP contribution is 2.21. The lowest BCUT2D eigenvalue weighted by atomic mass is 10.0. The molecule has 0 spiro atoms. The molecule has 124 valence electrons. The first-order valence-electron chi connectivity index (χ1n) is 7.34. The van der Waals surface area contributed by atoms with E-state index >= 15 is 0 Å². The molecule has 9 heteroatoms. The predicted octanol–water partition coefficient (Wildman–Crippen LogP) is 2.97. The number of aromatic nitrogens is 5. The van der Waals surface area contributed by atoms with Gasteiger partial charge in [0.15, 0.2) is 5.13 Å². The van der Waals surface area contributed by atoms with Gasteiger partial charge in [-0.3, -0.25) is 4.79 Å². The van der Waals surface area contributed by atoms with E-state index in [0.29, 0.717) is 16.2 Å². The summed E-state index contributed by atoms with van der Waals surface area (Å²) in [5.74, 6) is 0.542. The van der Waals surface area contributed by atoms with E-state index < -0.39 is 0 Å². The smallest absolute Gasteiger partial charge is 0.236 e. The van der Waals surface area contributed by atoms with Crippen LogP contribution < -0.4 is 5.32 Å². The normalized spacial score (nSPS) is 11.0. The number of thioether (sulfide) groups is 1. The second-order valence-corrected chi connectivity index (χ2v) is 7.13. The molecule has 0 radical (unpaired) electrons. The van der Waals surface area contributed by atoms with Gasteiger partial charge in [0, 0.05) is 11.6 Å². The van der Waals surface area contributed by atoms with Crippen LogP contribution in [0.4, 0.5) is 5.13 Å². The van der Waals surface area contributed by atoms with Crippen molar-refractivity contribution in [2.75, 3.05) is 11.1 Å². The molecule has 2 aromatic heterocycles. The fraction of sp³-hybridized carbons (Fsp3) is 0.267. The number of carbonyl (C=O) groups is 1. The van der Waals surface area contributed by atoms with Crippen LogP contribution in [-0.4, -0.2) is 36.9 Å². The van der Waals surface area contributed by atoms with Crippen molar-refractivity contribution in [1.29, 1.82) is 0 Å². The van der Waals surface area contributed by atoms with Gasteiger partial charge in [-0.1, -0.05) is 37.7 Å². The number of hydrogen-bond donors (Lipinski definition) is 1. The van der Waals surface area contributed by atoms with E-state index in [0.717, 1.165) is 5.69 Å². The molecule has 1 N–H and O–H groups in total. The Balaban J connectivity index is 1.65. The number of nitrogens with one attached hydrogen (secondary N) is 1. The highest BCUT2D eigenvalue weighted by Gasteiger charge is 2.12. The molecule has 3 rings (SSSR count). The molecule has 0 bridgehead atoms. The Bertz CT molecular complexity index is 798. The van der Waals surface area contributed by atoms with Gasteiger partial charge in [-0.25, -0.2) is 4.98 Å². The number of thiazole rings is 1. The molecular formula is C15H16N6OS2. The van der Waals surface area contributed by atoms with Gasteiger partial charge in [0.25, 0.3) is 0 Å². The Labute approximate surface area is 147 Å². The molecule has 0 aliphatic rings. The average Bonchev–Trinajstić information content (AvgIpc) is 3.24. The van der Waals surface area contributed by atoms with Crippen molar-refractivity contribution in [2.45, 2.75) is 24.9 Å². The molecule has 24 heavy (non-hydrogen) atoms. The monoisotopic (exact) mass is 360 g/mol. The molecule has 0 saturated carbocycles. The first-order valence-corrected chi connectivity index (χ1v) is 9.21. The molecule has 0 fully saturated rings. The van der Waals surface area contributed by atoms with Crippen LogP contribution in [0.2, 0.25) is 0 Å². The Hall–Kier alpha value is -2.26. The maximum atomic E-state index is 11.9. The molecule has 1 amide bonds. The molecule has 2 heterocycles. The van der Waals surface area contributed by atoms with Gasteiger partial charge >= 0.3 is 0 Å². The zero-order valence-corrected chi connectivity index (χ0v) is 14.8. The topological polar surface area (TPSA) is 85.6 Å². The fourth-order valence-electron chi connectivity index (χ4n) is 2.00. The molecule has 0 unspecified atom stereocenters. The summed E-state index contributed by atoms with van der Waals surface area (Å²) < 4.78 is 1.63. The van der Waals surface area contributed by atoms with E-state index in [-0.39, 0.29) is 11.7 Å². The lowest BCUT2D eigenvalue weighted by molar-refractivity contribution is -0.113. The number of amides is 1. The third kappa shape index (κ3) is 3.98. The van der Waals surface area contributed by atoms with Gasteiger partial charge in [0.2, 0.25) is 11.1 Å². The van der Waals surface area contributed by atoms with E-state index in [1.165, 1.54) is 28.7 Å². The van der Waals surface area contributed by atoms with E-state index in [9.17, 15) is 4.79 Å². The van der Waals surface area contributed by atoms with Crippen molar-refractivity contribution >= 4 is 34.1 Å². The van der Waals surface area contributed by atoms with Crippen molar-refractivity contribution in [3.8, 4) is 5.69 Å². The Morgan fingerprint density at radius 1 is 1.33 bits per heavy atom. The quantitative estimate of drug-likeness (QED) is 0.680. The molecule has 0 aliphatic carbocycles. The summed E-state index contributed by atoms with van der Waals surface area (Å²) in [6, 6.07) is 8.08. The first kappa shape index (κ1) is 16.6. The Kier molecular flexibility index (Phi) is 5.21. The van der Waals surface area contributed by atoms with Crippen LogP contribution in [0, 0.1) is 0 Å². The van der Waals surface area contributed by atoms with Crippen LogP contribution in [0.3, 0.4) is 0 Å². The minimum Gasteiger partial charge on any atom is -0.301 e. The third-order valence-electron chi connectivity index (χ3n) is 3.26. The number of benzene rings is 1. The number of nitrogens with zero attached hydrogens (tertiary/aromatic N) is 5. The minimum absolute atomic E-state index is 0.139. The molecule has 3 aromatic rings. The maximum Gasteiger partial charge on any atom is 0.236 e. The predicted molar refractivity (Wildman–Crippen MR) is 94.7 cm³/mol. The number of rotatable bonds is 6. The number of anilines is 1. The molecule has 1 aromatic carbocycles. The summed E-state index contributed by atoms with van der Waals surface area (Å²) in [5.41, 5.74) is 2.12. The van der Waals surface area contributed by atoms with E-state index in [1.54, 1.807) is 10.9 Å². The zero-order chi connectivity index (χ0) is 16.9. The second kappa shape index (κ2) is 7.54. The van der Waals surface area contributed by atoms with Crippen molar-refractivity contribution in [3.63, 3.8) is 0 Å². The maximum absolute atomic E-state index is 11.9. The van der Waals surface area contributed by atoms with Gasteiger partial charge in [0.05, 0.1) is 11.4 Å². The van der Waals surface area contributed by atoms with E-state index in [2.05, 4.69) is 51.8 Å². The molecule has 0 saturated heterocycles. The van der Waals surface area contributed by atoms with Gasteiger partial charge < -0.3 is 5.32 Å². The molecule has 0 aliphatic heterocycles. The molecular weight excluding hydrogens is 344 g/mol. The first-order chi connectivity index (χ1) is 11.6. The summed E-state index contributed by atoms with van der Waals surface area (Å²) in [6.45, 7) is 4.29. The van der Waals surface area contributed by atoms with Crippen molar-refractivity contribution in [1.82, 2.24) is 25.2 Å². The van der Waals surface area contributed by atoms with Crippen LogP contribution in [0.1, 0.15) is 25.3 Å². The van der Waals surface area contributed by atoms with Crippen LogP contribution in [0.25, 0.3) is 5.69 Å². The standard InChI is InChI=1S/C15H16N6OS2/c1-10(2)11-3-5-12(6-4-11)21-15(18-19-20-21)24-9-13(22)17-14-16-7-8-23-14/h3-8,10H,9H2,1-2H3,(H,16,17,22). The summed E-state index contributed by atoms with van der Waals surface area (Å²) in [4.78, 5) is 16.0. The number of tetrazole rings is 1. The SMILES string of the molecule is CC(C)c1ccc(-n2nnnc2SCC(=O)Nc2nccs2)cc1. The highest BCUT2D eigenvalue weighted by atomic mass is 32.2. The minimum atomic E-state index is -0.139. The van der Waals surface area contributed by atoms with Crippen molar-refractivity contribution < 1.29 is 4.79 Å². The zero-order valence-electron chi connectivity index (χ0n) is 13.2. The van der Waals surface area contributed by atoms with Crippen LogP contribution in [0.15, 0.2) is 41.0 Å². The third-order valence-corrected chi connectivity index (χ3v) is 4.86. The van der Waals surface area contributed by atoms with Gasteiger partial charge in [-0.05, 0) is 34.0 Å². The summed E-state index contributed by atoms with van der Waals surface area (Å²) in [7, 11) is 0. The lowest BCUT2D eigenvalue weighted by Crippen LogP contribution is -2.14.